The molecule has 56 valence electrons. The van der Waals surface area contributed by atoms with Crippen LogP contribution < -0.4 is 0 Å². The van der Waals surface area contributed by atoms with Crippen molar-refractivity contribution in [2.75, 3.05) is 0 Å². The van der Waals surface area contributed by atoms with E-state index in [4.69, 9.17) is 15.3 Å². The second-order valence-electron chi connectivity index (χ2n) is 2.24. The van der Waals surface area contributed by atoms with Gasteiger partial charge in [-0.2, -0.15) is 5.26 Å². The van der Waals surface area contributed by atoms with Crippen LogP contribution in [0.5, 0.6) is 0 Å². The summed E-state index contributed by atoms with van der Waals surface area (Å²) in [5.74, 6) is 0. The fraction of sp³-hybridized carbons (Fsp3) is 0.833. The molecule has 0 unspecified atom stereocenters. The van der Waals surface area contributed by atoms with E-state index in [1.54, 1.807) is 0 Å². The number of rotatable bonds is 5. The molecule has 0 atom stereocenters. The Morgan fingerprint density at radius 2 is 1.90 bits per heavy atom. The summed E-state index contributed by atoms with van der Waals surface area (Å²) >= 11 is 0. The summed E-state index contributed by atoms with van der Waals surface area (Å²) in [7, 11) is -1.18. The first-order valence-corrected chi connectivity index (χ1v) is 3.50. The SMILES string of the molecule is N#CCCCCCB(O)O. The summed E-state index contributed by atoms with van der Waals surface area (Å²) in [5.41, 5.74) is 0. The lowest BCUT2D eigenvalue weighted by Crippen LogP contribution is -2.09. The van der Waals surface area contributed by atoms with Crippen LogP contribution in [0, 0.1) is 11.3 Å². The molecule has 0 amide bonds. The van der Waals surface area contributed by atoms with Crippen molar-refractivity contribution in [2.45, 2.75) is 32.0 Å². The van der Waals surface area contributed by atoms with E-state index < -0.39 is 7.12 Å². The molecule has 3 nitrogen and oxygen atoms in total. The molecule has 0 aliphatic heterocycles. The smallest absolute Gasteiger partial charge is 0.427 e. The molecule has 0 rings (SSSR count). The van der Waals surface area contributed by atoms with Gasteiger partial charge in [0.1, 0.15) is 0 Å². The minimum absolute atomic E-state index is 0.422. The summed E-state index contributed by atoms with van der Waals surface area (Å²) < 4.78 is 0. The zero-order chi connectivity index (χ0) is 7.82. The normalized spacial score (nSPS) is 8.90. The molecule has 4 heteroatoms. The van der Waals surface area contributed by atoms with Crippen molar-refractivity contribution in [3.63, 3.8) is 0 Å². The highest BCUT2D eigenvalue weighted by molar-refractivity contribution is 6.40. The van der Waals surface area contributed by atoms with Crippen LogP contribution in [0.15, 0.2) is 0 Å². The van der Waals surface area contributed by atoms with Crippen molar-refractivity contribution in [1.82, 2.24) is 0 Å². The molecule has 0 aromatic rings. The van der Waals surface area contributed by atoms with E-state index in [9.17, 15) is 0 Å². The summed E-state index contributed by atoms with van der Waals surface area (Å²) in [5, 5.41) is 24.9. The molecule has 0 fully saturated rings. The Bertz CT molecular complexity index is 111. The Hall–Kier alpha value is -0.525. The first-order valence-electron chi connectivity index (χ1n) is 3.50. The first-order chi connectivity index (χ1) is 4.77. The zero-order valence-electron chi connectivity index (χ0n) is 5.95. The van der Waals surface area contributed by atoms with Crippen molar-refractivity contribution in [2.24, 2.45) is 0 Å². The molecule has 0 spiro atoms. The van der Waals surface area contributed by atoms with Gasteiger partial charge in [0.2, 0.25) is 0 Å². The fourth-order valence-corrected chi connectivity index (χ4v) is 0.708. The largest absolute Gasteiger partial charge is 0.451 e. The first kappa shape index (κ1) is 9.47. The Morgan fingerprint density at radius 3 is 2.40 bits per heavy atom. The number of hydrogen-bond donors (Lipinski definition) is 2. The van der Waals surface area contributed by atoms with Gasteiger partial charge in [-0.05, 0) is 12.7 Å². The molecule has 10 heavy (non-hydrogen) atoms. The van der Waals surface area contributed by atoms with E-state index in [2.05, 4.69) is 0 Å². The van der Waals surface area contributed by atoms with E-state index in [0.717, 1.165) is 19.3 Å². The highest BCUT2D eigenvalue weighted by atomic mass is 16.4. The van der Waals surface area contributed by atoms with Crippen LogP contribution in [0.2, 0.25) is 6.32 Å². The monoisotopic (exact) mass is 141 g/mol. The molecular formula is C6H12BNO2. The maximum Gasteiger partial charge on any atom is 0.451 e. The van der Waals surface area contributed by atoms with Crippen LogP contribution in [0.25, 0.3) is 0 Å². The Balaban J connectivity index is 2.86. The predicted octanol–water partition coefficient (Wildman–Crippen LogP) is 0.543. The molecule has 0 aliphatic carbocycles. The third-order valence-electron chi connectivity index (χ3n) is 1.25. The molecule has 0 aromatic heterocycles. The molecule has 0 bridgehead atoms. The topological polar surface area (TPSA) is 64.2 Å². The van der Waals surface area contributed by atoms with Gasteiger partial charge in [-0.15, -0.1) is 0 Å². The average molecular weight is 141 g/mol. The van der Waals surface area contributed by atoms with Crippen LogP contribution in [-0.2, 0) is 0 Å². The number of hydrogen-bond acceptors (Lipinski definition) is 3. The zero-order valence-corrected chi connectivity index (χ0v) is 5.95. The maximum atomic E-state index is 8.40. The van der Waals surface area contributed by atoms with Gasteiger partial charge in [0.05, 0.1) is 6.07 Å². The van der Waals surface area contributed by atoms with Crippen LogP contribution in [0.3, 0.4) is 0 Å². The lowest BCUT2D eigenvalue weighted by atomic mass is 9.83. The van der Waals surface area contributed by atoms with E-state index in [-0.39, 0.29) is 0 Å². The lowest BCUT2D eigenvalue weighted by Gasteiger charge is -1.95. The van der Waals surface area contributed by atoms with Crippen LogP contribution in [0.4, 0.5) is 0 Å². The molecule has 0 saturated carbocycles. The van der Waals surface area contributed by atoms with E-state index in [1.165, 1.54) is 0 Å². The molecule has 0 radical (unpaired) electrons. The number of nitrogens with zero attached hydrogens (tertiary/aromatic N) is 1. The molecule has 2 N–H and O–H groups in total. The minimum Gasteiger partial charge on any atom is -0.427 e. The van der Waals surface area contributed by atoms with Gasteiger partial charge >= 0.3 is 7.12 Å². The van der Waals surface area contributed by atoms with Gasteiger partial charge in [-0.25, -0.2) is 0 Å². The van der Waals surface area contributed by atoms with Gasteiger partial charge in [-0.1, -0.05) is 12.8 Å². The predicted molar refractivity (Wildman–Crippen MR) is 39.1 cm³/mol. The average Bonchev–Trinajstić information content (AvgIpc) is 1.87. The fourth-order valence-electron chi connectivity index (χ4n) is 0.708. The quantitative estimate of drug-likeness (QED) is 0.433. The second kappa shape index (κ2) is 6.59. The van der Waals surface area contributed by atoms with Crippen LogP contribution in [0.1, 0.15) is 25.7 Å². The van der Waals surface area contributed by atoms with Gasteiger partial charge in [0.25, 0.3) is 0 Å². The molecule has 0 aliphatic rings. The van der Waals surface area contributed by atoms with Gasteiger partial charge < -0.3 is 10.0 Å². The summed E-state index contributed by atoms with van der Waals surface area (Å²) in [6, 6.07) is 2.03. The second-order valence-corrected chi connectivity index (χ2v) is 2.24. The summed E-state index contributed by atoms with van der Waals surface area (Å²) in [4.78, 5) is 0. The van der Waals surface area contributed by atoms with Crippen molar-refractivity contribution in [3.8, 4) is 6.07 Å². The van der Waals surface area contributed by atoms with Crippen molar-refractivity contribution < 1.29 is 10.0 Å². The minimum atomic E-state index is -1.18. The Kier molecular flexibility index (Phi) is 6.25. The van der Waals surface area contributed by atoms with Gasteiger partial charge in [-0.3, -0.25) is 0 Å². The van der Waals surface area contributed by atoms with Crippen LogP contribution >= 0.6 is 0 Å². The van der Waals surface area contributed by atoms with Crippen molar-refractivity contribution in [3.05, 3.63) is 0 Å². The molecule has 0 saturated heterocycles. The van der Waals surface area contributed by atoms with Crippen molar-refractivity contribution in [1.29, 1.82) is 5.26 Å². The van der Waals surface area contributed by atoms with Gasteiger partial charge in [0.15, 0.2) is 0 Å². The van der Waals surface area contributed by atoms with Crippen molar-refractivity contribution >= 4 is 7.12 Å². The third kappa shape index (κ3) is 7.47. The molecule has 0 aromatic carbocycles. The standard InChI is InChI=1S/C6H12BNO2/c8-6-4-2-1-3-5-7(9)10/h9-10H,1-5H2. The Morgan fingerprint density at radius 1 is 1.20 bits per heavy atom. The van der Waals surface area contributed by atoms with E-state index in [0.29, 0.717) is 12.7 Å². The highest BCUT2D eigenvalue weighted by Gasteiger charge is 2.03. The number of nitriles is 1. The van der Waals surface area contributed by atoms with E-state index >= 15 is 0 Å². The summed E-state index contributed by atoms with van der Waals surface area (Å²) in [6.45, 7) is 0. The third-order valence-corrected chi connectivity index (χ3v) is 1.25. The highest BCUT2D eigenvalue weighted by Crippen LogP contribution is 2.03. The number of unbranched alkanes of at least 4 members (excludes halogenated alkanes) is 3. The van der Waals surface area contributed by atoms with E-state index in [1.807, 2.05) is 6.07 Å². The lowest BCUT2D eigenvalue weighted by molar-refractivity contribution is 0.402. The maximum absolute atomic E-state index is 8.40. The molecular weight excluding hydrogens is 129 g/mol. The van der Waals surface area contributed by atoms with Gasteiger partial charge in [0, 0.05) is 6.42 Å². The molecule has 0 heterocycles. The summed E-state index contributed by atoms with van der Waals surface area (Å²) in [6.07, 6.45) is 3.56. The van der Waals surface area contributed by atoms with Crippen LogP contribution in [-0.4, -0.2) is 17.2 Å². The Labute approximate surface area is 61.4 Å².